The first-order valence-electron chi connectivity index (χ1n) is 5.30. The molecule has 0 aromatic carbocycles. The minimum atomic E-state index is -3.03. The van der Waals surface area contributed by atoms with Gasteiger partial charge in [0.05, 0.1) is 5.75 Å². The van der Waals surface area contributed by atoms with Crippen molar-refractivity contribution in [3.63, 3.8) is 0 Å². The normalized spacial score (nSPS) is 13.1. The van der Waals surface area contributed by atoms with Crippen molar-refractivity contribution in [1.82, 2.24) is 4.31 Å². The number of hydrogen-bond acceptors (Lipinski definition) is 2. The Hall–Kier alpha value is -0.0900. The first kappa shape index (κ1) is 13.9. The Kier molecular flexibility index (Phi) is 5.67. The van der Waals surface area contributed by atoms with Crippen LogP contribution >= 0.6 is 0 Å². The molecule has 0 saturated heterocycles. The van der Waals surface area contributed by atoms with Gasteiger partial charge in [0.25, 0.3) is 0 Å². The van der Waals surface area contributed by atoms with Crippen LogP contribution in [0.25, 0.3) is 0 Å². The molecule has 0 fully saturated rings. The summed E-state index contributed by atoms with van der Waals surface area (Å²) in [7, 11) is -3.03. The van der Waals surface area contributed by atoms with Crippen molar-refractivity contribution in [3.05, 3.63) is 0 Å². The second-order valence-electron chi connectivity index (χ2n) is 4.37. The smallest absolute Gasteiger partial charge is 0.212 e. The maximum absolute atomic E-state index is 11.8. The molecule has 4 heteroatoms. The fraction of sp³-hybridized carbons (Fsp3) is 1.00. The van der Waals surface area contributed by atoms with Gasteiger partial charge in [-0.3, -0.25) is 0 Å². The lowest BCUT2D eigenvalue weighted by atomic mass is 10.2. The lowest BCUT2D eigenvalue weighted by Crippen LogP contribution is -2.40. The molecule has 0 saturated carbocycles. The maximum atomic E-state index is 11.8. The van der Waals surface area contributed by atoms with Crippen molar-refractivity contribution in [2.45, 2.75) is 47.1 Å². The van der Waals surface area contributed by atoms with Gasteiger partial charge >= 0.3 is 0 Å². The van der Waals surface area contributed by atoms with E-state index in [1.807, 2.05) is 34.6 Å². The van der Waals surface area contributed by atoms with Crippen molar-refractivity contribution >= 4 is 10.0 Å². The van der Waals surface area contributed by atoms with E-state index in [-0.39, 0.29) is 11.8 Å². The van der Waals surface area contributed by atoms with E-state index in [1.54, 1.807) is 4.31 Å². The Bertz CT molecular complexity index is 245. The van der Waals surface area contributed by atoms with Crippen LogP contribution in [0.15, 0.2) is 0 Å². The Labute approximate surface area is 88.5 Å². The molecule has 0 bridgehead atoms. The largest absolute Gasteiger partial charge is 0.214 e. The zero-order valence-electron chi connectivity index (χ0n) is 9.95. The summed E-state index contributed by atoms with van der Waals surface area (Å²) in [5, 5.41) is 0. The summed E-state index contributed by atoms with van der Waals surface area (Å²) in [6.07, 6.45) is 0.684. The molecule has 86 valence electrons. The van der Waals surface area contributed by atoms with Crippen molar-refractivity contribution in [2.75, 3.05) is 12.3 Å². The van der Waals surface area contributed by atoms with E-state index in [4.69, 9.17) is 0 Å². The molecule has 0 spiro atoms. The molecule has 0 aliphatic rings. The molecule has 3 nitrogen and oxygen atoms in total. The van der Waals surface area contributed by atoms with Crippen LogP contribution in [-0.2, 0) is 10.0 Å². The van der Waals surface area contributed by atoms with E-state index in [1.165, 1.54) is 0 Å². The number of sulfonamides is 1. The number of hydrogen-bond donors (Lipinski definition) is 0. The Morgan fingerprint density at radius 3 is 1.93 bits per heavy atom. The van der Waals surface area contributed by atoms with Crippen LogP contribution in [0.3, 0.4) is 0 Å². The maximum Gasteiger partial charge on any atom is 0.214 e. The number of nitrogens with zero attached hydrogens (tertiary/aromatic N) is 1. The van der Waals surface area contributed by atoms with E-state index < -0.39 is 10.0 Å². The van der Waals surface area contributed by atoms with Gasteiger partial charge in [-0.05, 0) is 26.2 Å². The lowest BCUT2D eigenvalue weighted by molar-refractivity contribution is 0.319. The first-order valence-corrected chi connectivity index (χ1v) is 6.91. The van der Waals surface area contributed by atoms with Crippen LogP contribution in [0.1, 0.15) is 41.0 Å². The molecule has 0 radical (unpaired) electrons. The molecule has 0 atom stereocenters. The van der Waals surface area contributed by atoms with Gasteiger partial charge < -0.3 is 0 Å². The van der Waals surface area contributed by atoms with Gasteiger partial charge in [0.2, 0.25) is 10.0 Å². The van der Waals surface area contributed by atoms with Crippen LogP contribution in [-0.4, -0.2) is 31.1 Å². The van der Waals surface area contributed by atoms with Crippen LogP contribution < -0.4 is 0 Å². The van der Waals surface area contributed by atoms with Crippen LogP contribution in [0.2, 0.25) is 0 Å². The zero-order valence-corrected chi connectivity index (χ0v) is 10.8. The highest BCUT2D eigenvalue weighted by Gasteiger charge is 2.24. The van der Waals surface area contributed by atoms with Crippen molar-refractivity contribution in [2.24, 2.45) is 5.92 Å². The summed E-state index contributed by atoms with van der Waals surface area (Å²) >= 11 is 0. The summed E-state index contributed by atoms with van der Waals surface area (Å²) in [6.45, 7) is 10.4. The third-order valence-electron chi connectivity index (χ3n) is 1.94. The molecular weight excluding hydrogens is 198 g/mol. The highest BCUT2D eigenvalue weighted by molar-refractivity contribution is 7.89. The molecule has 0 aromatic rings. The molecule has 0 heterocycles. The summed E-state index contributed by atoms with van der Waals surface area (Å²) in [5.41, 5.74) is 0. The standard InChI is InChI=1S/C10H23NO2S/c1-6-7-14(12,13)11(10(4)5)8-9(2)3/h9-10H,6-8H2,1-5H3. The lowest BCUT2D eigenvalue weighted by Gasteiger charge is -2.27. The van der Waals surface area contributed by atoms with Crippen LogP contribution in [0.4, 0.5) is 0 Å². The van der Waals surface area contributed by atoms with Crippen molar-refractivity contribution < 1.29 is 8.42 Å². The molecule has 0 unspecified atom stereocenters. The average Bonchev–Trinajstić information content (AvgIpc) is 1.99. The molecule has 0 aliphatic heterocycles. The summed E-state index contributed by atoms with van der Waals surface area (Å²) in [6, 6.07) is 0.0638. The minimum absolute atomic E-state index is 0.0638. The number of rotatable bonds is 6. The fourth-order valence-corrected chi connectivity index (χ4v) is 3.30. The second kappa shape index (κ2) is 5.71. The monoisotopic (exact) mass is 221 g/mol. The molecular formula is C10H23NO2S. The third-order valence-corrected chi connectivity index (χ3v) is 4.15. The van der Waals surface area contributed by atoms with E-state index in [0.717, 1.165) is 0 Å². The van der Waals surface area contributed by atoms with Crippen LogP contribution in [0.5, 0.6) is 0 Å². The Morgan fingerprint density at radius 2 is 1.64 bits per heavy atom. The van der Waals surface area contributed by atoms with Crippen molar-refractivity contribution in [3.8, 4) is 0 Å². The molecule has 0 aromatic heterocycles. The molecule has 0 aliphatic carbocycles. The van der Waals surface area contributed by atoms with Gasteiger partial charge in [0.15, 0.2) is 0 Å². The van der Waals surface area contributed by atoms with E-state index >= 15 is 0 Å². The fourth-order valence-electron chi connectivity index (χ4n) is 1.38. The average molecular weight is 221 g/mol. The zero-order chi connectivity index (χ0) is 11.4. The van der Waals surface area contributed by atoms with E-state index in [2.05, 4.69) is 0 Å². The Morgan fingerprint density at radius 1 is 1.14 bits per heavy atom. The predicted octanol–water partition coefficient (Wildman–Crippen LogP) is 2.09. The molecule has 0 rings (SSSR count). The molecule has 0 N–H and O–H groups in total. The quantitative estimate of drug-likeness (QED) is 0.689. The minimum Gasteiger partial charge on any atom is -0.212 e. The van der Waals surface area contributed by atoms with Gasteiger partial charge in [-0.15, -0.1) is 0 Å². The van der Waals surface area contributed by atoms with Crippen LogP contribution in [0, 0.1) is 5.92 Å². The summed E-state index contributed by atoms with van der Waals surface area (Å²) in [4.78, 5) is 0. The van der Waals surface area contributed by atoms with E-state index in [0.29, 0.717) is 18.9 Å². The molecule has 0 amide bonds. The third kappa shape index (κ3) is 4.42. The SMILES string of the molecule is CCCS(=O)(=O)N(CC(C)C)C(C)C. The Balaban J connectivity index is 4.65. The van der Waals surface area contributed by atoms with E-state index in [9.17, 15) is 8.42 Å². The second-order valence-corrected chi connectivity index (χ2v) is 6.41. The van der Waals surface area contributed by atoms with Gasteiger partial charge in [-0.25, -0.2) is 8.42 Å². The summed E-state index contributed by atoms with van der Waals surface area (Å²) in [5.74, 6) is 0.641. The van der Waals surface area contributed by atoms with Gasteiger partial charge in [-0.1, -0.05) is 20.8 Å². The predicted molar refractivity (Wildman–Crippen MR) is 60.8 cm³/mol. The highest BCUT2D eigenvalue weighted by atomic mass is 32.2. The van der Waals surface area contributed by atoms with Gasteiger partial charge in [-0.2, -0.15) is 4.31 Å². The summed E-state index contributed by atoms with van der Waals surface area (Å²) < 4.78 is 25.3. The highest BCUT2D eigenvalue weighted by Crippen LogP contribution is 2.11. The topological polar surface area (TPSA) is 37.4 Å². The first-order chi connectivity index (χ1) is 6.31. The van der Waals surface area contributed by atoms with Crippen molar-refractivity contribution in [1.29, 1.82) is 0 Å². The molecule has 14 heavy (non-hydrogen) atoms. The van der Waals surface area contributed by atoms with Gasteiger partial charge in [0.1, 0.15) is 0 Å². The van der Waals surface area contributed by atoms with Gasteiger partial charge in [0, 0.05) is 12.6 Å².